The molecule has 2 aromatic rings. The summed E-state index contributed by atoms with van der Waals surface area (Å²) in [6.45, 7) is 0. The van der Waals surface area contributed by atoms with Crippen molar-refractivity contribution in [2.24, 2.45) is 5.92 Å². The normalized spacial score (nSPS) is 15.0. The van der Waals surface area contributed by atoms with Gasteiger partial charge in [0.2, 0.25) is 5.91 Å². The third-order valence-corrected chi connectivity index (χ3v) is 5.10. The summed E-state index contributed by atoms with van der Waals surface area (Å²) in [4.78, 5) is 46.4. The fourth-order valence-corrected chi connectivity index (χ4v) is 3.00. The Morgan fingerprint density at radius 3 is 2.33 bits per heavy atom. The van der Waals surface area contributed by atoms with Crippen molar-refractivity contribution in [2.45, 2.75) is 6.18 Å². The third-order valence-electron chi connectivity index (χ3n) is 4.55. The zero-order chi connectivity index (χ0) is 24.5. The Labute approximate surface area is 190 Å². The topological polar surface area (TPSA) is 114 Å². The molecular formula is C19H16F3N5O5S. The van der Waals surface area contributed by atoms with Crippen LogP contribution in [0, 0.1) is 5.92 Å². The van der Waals surface area contributed by atoms with Gasteiger partial charge in [-0.1, -0.05) is 0 Å². The van der Waals surface area contributed by atoms with Crippen LogP contribution in [-0.4, -0.2) is 63.8 Å². The first-order chi connectivity index (χ1) is 15.4. The quantitative estimate of drug-likeness (QED) is 0.508. The summed E-state index contributed by atoms with van der Waals surface area (Å²) >= 11 is 4.98. The van der Waals surface area contributed by atoms with Gasteiger partial charge < -0.3 is 14.8 Å². The average molecular weight is 483 g/mol. The van der Waals surface area contributed by atoms with Gasteiger partial charge in [0.25, 0.3) is 11.8 Å². The van der Waals surface area contributed by atoms with Crippen LogP contribution in [0.4, 0.5) is 18.9 Å². The monoisotopic (exact) mass is 483 g/mol. The summed E-state index contributed by atoms with van der Waals surface area (Å²) in [6.07, 6.45) is -3.79. The van der Waals surface area contributed by atoms with Crippen LogP contribution in [0.25, 0.3) is 0 Å². The Morgan fingerprint density at radius 2 is 1.76 bits per heavy atom. The Hall–Kier alpha value is -3.81. The fraction of sp³-hybridized carbons (Fsp3) is 0.263. The lowest BCUT2D eigenvalue weighted by Crippen LogP contribution is -2.59. The van der Waals surface area contributed by atoms with E-state index >= 15 is 0 Å². The lowest BCUT2D eigenvalue weighted by molar-refractivity contribution is -0.149. The molecule has 3 amide bonds. The molecule has 33 heavy (non-hydrogen) atoms. The molecule has 174 valence electrons. The summed E-state index contributed by atoms with van der Waals surface area (Å²) in [5.41, 5.74) is -1.06. The molecule has 14 heteroatoms. The number of carbonyl (C=O) groups excluding carboxylic acids is 3. The van der Waals surface area contributed by atoms with Crippen LogP contribution in [0.2, 0.25) is 0 Å². The SMILES string of the molecule is COc1cc(NC(=O)C2C(=O)N(C)C(=S)N(C)C2=O)ccc1Oc1nccc(C(F)(F)F)n1. The number of halogens is 3. The van der Waals surface area contributed by atoms with E-state index in [1.54, 1.807) is 0 Å². The molecule has 0 saturated carbocycles. The number of amides is 3. The molecule has 1 aliphatic rings. The molecule has 1 saturated heterocycles. The number of rotatable bonds is 5. The molecule has 0 atom stereocenters. The van der Waals surface area contributed by atoms with Crippen molar-refractivity contribution in [1.29, 1.82) is 0 Å². The number of alkyl halides is 3. The van der Waals surface area contributed by atoms with Gasteiger partial charge in [0.05, 0.1) is 7.11 Å². The van der Waals surface area contributed by atoms with Gasteiger partial charge in [0, 0.05) is 32.0 Å². The first kappa shape index (κ1) is 23.8. The van der Waals surface area contributed by atoms with Crippen molar-refractivity contribution >= 4 is 40.7 Å². The van der Waals surface area contributed by atoms with Crippen molar-refractivity contribution < 1.29 is 37.0 Å². The number of thiocarbonyl (C=S) groups is 1. The molecule has 1 aromatic carbocycles. The number of hydrogen-bond donors (Lipinski definition) is 1. The predicted octanol–water partition coefficient (Wildman–Crippen LogP) is 2.07. The Bertz CT molecular complexity index is 1120. The molecule has 0 aliphatic carbocycles. The van der Waals surface area contributed by atoms with Gasteiger partial charge in [-0.05, 0) is 30.4 Å². The lowest BCUT2D eigenvalue weighted by atomic mass is 10.0. The number of nitrogens with one attached hydrogen (secondary N) is 1. The maximum atomic E-state index is 12.8. The smallest absolute Gasteiger partial charge is 0.433 e. The maximum absolute atomic E-state index is 12.8. The number of methoxy groups -OCH3 is 1. The third kappa shape index (κ3) is 4.84. The summed E-state index contributed by atoms with van der Waals surface area (Å²) in [7, 11) is 3.96. The summed E-state index contributed by atoms with van der Waals surface area (Å²) in [5, 5.41) is 2.40. The highest BCUT2D eigenvalue weighted by Gasteiger charge is 2.45. The van der Waals surface area contributed by atoms with Gasteiger partial charge >= 0.3 is 12.2 Å². The van der Waals surface area contributed by atoms with Gasteiger partial charge in [-0.2, -0.15) is 18.2 Å². The molecular weight excluding hydrogens is 467 g/mol. The predicted molar refractivity (Wildman–Crippen MR) is 110 cm³/mol. The highest BCUT2D eigenvalue weighted by atomic mass is 32.1. The summed E-state index contributed by atoms with van der Waals surface area (Å²) in [5.74, 6) is -4.13. The molecule has 1 fully saturated rings. The molecule has 1 N–H and O–H groups in total. The highest BCUT2D eigenvalue weighted by molar-refractivity contribution is 7.80. The van der Waals surface area contributed by atoms with Gasteiger partial charge in [-0.15, -0.1) is 0 Å². The molecule has 2 heterocycles. The van der Waals surface area contributed by atoms with E-state index in [4.69, 9.17) is 21.7 Å². The Kier molecular flexibility index (Phi) is 6.48. The summed E-state index contributed by atoms with van der Waals surface area (Å²) in [6, 6.07) is 4.03. The van der Waals surface area contributed by atoms with Crippen LogP contribution in [-0.2, 0) is 20.6 Å². The van der Waals surface area contributed by atoms with E-state index in [0.717, 1.165) is 16.0 Å². The van der Waals surface area contributed by atoms with Crippen molar-refractivity contribution in [3.63, 3.8) is 0 Å². The molecule has 0 radical (unpaired) electrons. The average Bonchev–Trinajstić information content (AvgIpc) is 2.77. The number of carbonyl (C=O) groups is 3. The van der Waals surface area contributed by atoms with E-state index in [-0.39, 0.29) is 22.3 Å². The van der Waals surface area contributed by atoms with Crippen LogP contribution in [0.15, 0.2) is 30.5 Å². The number of nitrogens with zero attached hydrogens (tertiary/aromatic N) is 4. The minimum absolute atomic E-state index is 0.0190. The number of anilines is 1. The maximum Gasteiger partial charge on any atom is 0.433 e. The molecule has 10 nitrogen and oxygen atoms in total. The second-order valence-electron chi connectivity index (χ2n) is 6.69. The molecule has 1 aromatic heterocycles. The van der Waals surface area contributed by atoms with Crippen molar-refractivity contribution in [3.8, 4) is 17.5 Å². The van der Waals surface area contributed by atoms with Gasteiger partial charge in [0.1, 0.15) is 0 Å². The van der Waals surface area contributed by atoms with Crippen molar-refractivity contribution in [1.82, 2.24) is 19.8 Å². The first-order valence-electron chi connectivity index (χ1n) is 9.10. The second-order valence-corrected chi connectivity index (χ2v) is 7.05. The van der Waals surface area contributed by atoms with Gasteiger partial charge in [-0.3, -0.25) is 24.2 Å². The molecule has 0 spiro atoms. The van der Waals surface area contributed by atoms with Crippen LogP contribution in [0.3, 0.4) is 0 Å². The Morgan fingerprint density at radius 1 is 1.12 bits per heavy atom. The van der Waals surface area contributed by atoms with E-state index in [1.165, 1.54) is 39.4 Å². The largest absolute Gasteiger partial charge is 0.493 e. The highest BCUT2D eigenvalue weighted by Crippen LogP contribution is 2.34. The van der Waals surface area contributed by atoms with Crippen LogP contribution in [0.5, 0.6) is 17.5 Å². The Balaban J connectivity index is 1.80. The number of ether oxygens (including phenoxy) is 2. The number of hydrogen-bond acceptors (Lipinski definition) is 8. The van der Waals surface area contributed by atoms with Crippen molar-refractivity contribution in [2.75, 3.05) is 26.5 Å². The minimum atomic E-state index is -4.68. The van der Waals surface area contributed by atoms with Crippen LogP contribution in [0.1, 0.15) is 5.69 Å². The second kappa shape index (κ2) is 8.97. The molecule has 3 rings (SSSR count). The number of aromatic nitrogens is 2. The zero-order valence-corrected chi connectivity index (χ0v) is 18.2. The summed E-state index contributed by atoms with van der Waals surface area (Å²) < 4.78 is 48.9. The first-order valence-corrected chi connectivity index (χ1v) is 9.51. The molecule has 0 unspecified atom stereocenters. The van der Waals surface area contributed by atoms with E-state index in [9.17, 15) is 27.6 Å². The number of benzene rings is 1. The van der Waals surface area contributed by atoms with E-state index in [1.807, 2.05) is 0 Å². The van der Waals surface area contributed by atoms with E-state index in [2.05, 4.69) is 15.3 Å². The fourth-order valence-electron chi connectivity index (χ4n) is 2.82. The van der Waals surface area contributed by atoms with E-state index in [0.29, 0.717) is 6.07 Å². The van der Waals surface area contributed by atoms with E-state index < -0.39 is 41.5 Å². The van der Waals surface area contributed by atoms with Crippen LogP contribution < -0.4 is 14.8 Å². The standard InChI is InChI=1S/C19H16F3N5O5S/c1-26-15(29)13(16(30)27(2)18(26)33)14(28)24-9-4-5-10(11(8-9)31-3)32-17-23-7-6-12(25-17)19(20,21)22/h4-8,13H,1-3H3,(H,24,28). The molecule has 0 bridgehead atoms. The van der Waals surface area contributed by atoms with Crippen molar-refractivity contribution in [3.05, 3.63) is 36.2 Å². The zero-order valence-electron chi connectivity index (χ0n) is 17.3. The lowest BCUT2D eigenvalue weighted by Gasteiger charge is -2.34. The molecule has 1 aliphatic heterocycles. The van der Waals surface area contributed by atoms with Gasteiger partial charge in [-0.25, -0.2) is 4.98 Å². The minimum Gasteiger partial charge on any atom is -0.493 e. The van der Waals surface area contributed by atoms with Gasteiger partial charge in [0.15, 0.2) is 28.2 Å². The van der Waals surface area contributed by atoms with Crippen LogP contribution >= 0.6 is 12.2 Å².